The molecule has 1 aliphatic rings. The molecule has 3 nitrogen and oxygen atoms in total. The molecule has 2 heterocycles. The van der Waals surface area contributed by atoms with E-state index in [1.807, 2.05) is 39.2 Å². The van der Waals surface area contributed by atoms with Crippen molar-refractivity contribution in [3.63, 3.8) is 0 Å². The van der Waals surface area contributed by atoms with Gasteiger partial charge >= 0.3 is 0 Å². The van der Waals surface area contributed by atoms with Crippen molar-refractivity contribution in [1.82, 2.24) is 4.98 Å². The maximum Gasteiger partial charge on any atom is 0.236 e. The molecular weight excluding hydrogens is 464 g/mol. The first-order chi connectivity index (χ1) is 10.4. The van der Waals surface area contributed by atoms with Crippen LogP contribution in [0.25, 0.3) is 21.7 Å². The average molecular weight is 482 g/mol. The second kappa shape index (κ2) is 5.12. The number of pyridine rings is 1. The van der Waals surface area contributed by atoms with E-state index >= 15 is 0 Å². The molecular formula is C19H17IrN2O-. The second-order valence-corrected chi connectivity index (χ2v) is 6.56. The molecule has 4 heteroatoms. The van der Waals surface area contributed by atoms with Crippen LogP contribution in [0.1, 0.15) is 25.0 Å². The van der Waals surface area contributed by atoms with Crippen molar-refractivity contribution in [3.05, 3.63) is 47.7 Å². The van der Waals surface area contributed by atoms with Gasteiger partial charge in [0.05, 0.1) is 11.1 Å². The van der Waals surface area contributed by atoms with Crippen molar-refractivity contribution in [1.29, 1.82) is 0 Å². The van der Waals surface area contributed by atoms with Gasteiger partial charge in [-0.25, -0.2) is 0 Å². The molecule has 119 valence electrons. The Kier molecular flexibility index (Phi) is 3.58. The van der Waals surface area contributed by atoms with Gasteiger partial charge in [0.25, 0.3) is 0 Å². The summed E-state index contributed by atoms with van der Waals surface area (Å²) in [6.45, 7) is 6.08. The number of rotatable bonds is 0. The first kappa shape index (κ1) is 16.1. The number of carbonyl (C=O) groups excluding carboxylic acids is 1. The molecule has 1 aromatic heterocycles. The number of likely N-dealkylation sites (N-methyl/N-ethyl adjacent to an activating group) is 1. The summed E-state index contributed by atoms with van der Waals surface area (Å²) in [6.07, 6.45) is 1.82. The van der Waals surface area contributed by atoms with E-state index in [0.717, 1.165) is 32.9 Å². The predicted octanol–water partition coefficient (Wildman–Crippen LogP) is 3.75. The van der Waals surface area contributed by atoms with Crippen LogP contribution in [0.2, 0.25) is 0 Å². The van der Waals surface area contributed by atoms with E-state index < -0.39 is 5.41 Å². The van der Waals surface area contributed by atoms with E-state index in [1.165, 1.54) is 5.56 Å². The molecule has 23 heavy (non-hydrogen) atoms. The summed E-state index contributed by atoms with van der Waals surface area (Å²) >= 11 is 0. The topological polar surface area (TPSA) is 33.2 Å². The molecule has 3 aromatic rings. The van der Waals surface area contributed by atoms with Crippen LogP contribution in [-0.4, -0.2) is 17.9 Å². The first-order valence-electron chi connectivity index (χ1n) is 7.44. The molecule has 0 unspecified atom stereocenters. The fourth-order valence-electron chi connectivity index (χ4n) is 3.66. The van der Waals surface area contributed by atoms with Crippen LogP contribution < -0.4 is 4.90 Å². The normalized spacial score (nSPS) is 15.8. The third-order valence-corrected chi connectivity index (χ3v) is 4.80. The zero-order valence-corrected chi connectivity index (χ0v) is 15.9. The minimum atomic E-state index is -0.528. The van der Waals surface area contributed by atoms with Gasteiger partial charge in [0, 0.05) is 33.3 Å². The van der Waals surface area contributed by atoms with E-state index in [1.54, 1.807) is 4.90 Å². The van der Waals surface area contributed by atoms with Crippen molar-refractivity contribution in [3.8, 4) is 0 Å². The molecule has 2 aromatic carbocycles. The molecule has 0 saturated heterocycles. The Bertz CT molecular complexity index is 962. The molecule has 1 aliphatic heterocycles. The van der Waals surface area contributed by atoms with Crippen LogP contribution in [0, 0.1) is 13.0 Å². The standard InChI is InChI=1S/C19H17N2O.Ir/c1-11-9-14-16-15(21(4)18(22)19(16,2)3)10-20-17(14)13-8-6-5-7-12(11)13;/h5-7,9-10H,1-4H3;/q-1;. The average Bonchev–Trinajstić information content (AvgIpc) is 2.69. The molecule has 0 fully saturated rings. The van der Waals surface area contributed by atoms with Crippen LogP contribution in [0.5, 0.6) is 0 Å². The van der Waals surface area contributed by atoms with Crippen molar-refractivity contribution < 1.29 is 24.9 Å². The van der Waals surface area contributed by atoms with Crippen LogP contribution >= 0.6 is 0 Å². The second-order valence-electron chi connectivity index (χ2n) is 6.56. The Balaban J connectivity index is 0.00000156. The molecule has 1 amide bonds. The van der Waals surface area contributed by atoms with Crippen LogP contribution in [0.15, 0.2) is 30.5 Å². The zero-order chi connectivity index (χ0) is 15.6. The molecule has 4 rings (SSSR count). The molecule has 0 saturated carbocycles. The molecule has 0 N–H and O–H groups in total. The Hall–Kier alpha value is -1.77. The smallest absolute Gasteiger partial charge is 0.236 e. The van der Waals surface area contributed by atoms with Gasteiger partial charge in [-0.1, -0.05) is 11.6 Å². The summed E-state index contributed by atoms with van der Waals surface area (Å²) in [6, 6.07) is 11.5. The molecule has 0 atom stereocenters. The van der Waals surface area contributed by atoms with Crippen molar-refractivity contribution in [2.75, 3.05) is 11.9 Å². The quantitative estimate of drug-likeness (QED) is 0.362. The van der Waals surface area contributed by atoms with Gasteiger partial charge in [-0.05, 0) is 37.2 Å². The van der Waals surface area contributed by atoms with Crippen LogP contribution in [0.4, 0.5) is 5.69 Å². The first-order valence-corrected chi connectivity index (χ1v) is 7.44. The van der Waals surface area contributed by atoms with Gasteiger partial charge in [0.2, 0.25) is 5.91 Å². The van der Waals surface area contributed by atoms with Gasteiger partial charge in [-0.15, -0.1) is 35.0 Å². The number of aromatic nitrogens is 1. The fraction of sp³-hybridized carbons (Fsp3) is 0.263. The Morgan fingerprint density at radius 2 is 2.00 bits per heavy atom. The van der Waals surface area contributed by atoms with Gasteiger partial charge < -0.3 is 9.88 Å². The largest absolute Gasteiger partial charge is 0.313 e. The molecule has 1 radical (unpaired) electrons. The van der Waals surface area contributed by atoms with E-state index in [-0.39, 0.29) is 26.0 Å². The van der Waals surface area contributed by atoms with E-state index in [0.29, 0.717) is 0 Å². The number of hydrogen-bond donors (Lipinski definition) is 0. The monoisotopic (exact) mass is 482 g/mol. The van der Waals surface area contributed by atoms with Crippen LogP contribution in [0.3, 0.4) is 0 Å². The Labute approximate surface area is 149 Å². The summed E-state index contributed by atoms with van der Waals surface area (Å²) in [4.78, 5) is 18.9. The molecule has 0 aliphatic carbocycles. The maximum atomic E-state index is 12.6. The summed E-state index contributed by atoms with van der Waals surface area (Å²) < 4.78 is 0. The number of benzene rings is 2. The number of fused-ring (bicyclic) bond motifs is 5. The van der Waals surface area contributed by atoms with Gasteiger partial charge in [-0.2, -0.15) is 0 Å². The number of carbonyl (C=O) groups is 1. The third-order valence-electron chi connectivity index (χ3n) is 4.80. The summed E-state index contributed by atoms with van der Waals surface area (Å²) in [5.41, 5.74) is 3.58. The van der Waals surface area contributed by atoms with Crippen molar-refractivity contribution in [2.45, 2.75) is 26.2 Å². The number of anilines is 1. The number of amides is 1. The van der Waals surface area contributed by atoms with Gasteiger partial charge in [-0.3, -0.25) is 4.79 Å². The Morgan fingerprint density at radius 3 is 2.74 bits per heavy atom. The predicted molar refractivity (Wildman–Crippen MR) is 89.3 cm³/mol. The molecule has 0 bridgehead atoms. The minimum absolute atomic E-state index is 0. The van der Waals surface area contributed by atoms with E-state index in [9.17, 15) is 4.79 Å². The van der Waals surface area contributed by atoms with Crippen molar-refractivity contribution >= 4 is 33.3 Å². The number of aryl methyl sites for hydroxylation is 1. The van der Waals surface area contributed by atoms with Gasteiger partial charge in [0.15, 0.2) is 0 Å². The zero-order valence-electron chi connectivity index (χ0n) is 13.5. The fourth-order valence-corrected chi connectivity index (χ4v) is 3.66. The molecule has 0 spiro atoms. The van der Waals surface area contributed by atoms with E-state index in [4.69, 9.17) is 0 Å². The number of hydrogen-bond acceptors (Lipinski definition) is 2. The summed E-state index contributed by atoms with van der Waals surface area (Å²) in [5, 5.41) is 3.25. The van der Waals surface area contributed by atoms with Crippen LogP contribution in [-0.2, 0) is 30.3 Å². The maximum absolute atomic E-state index is 12.6. The van der Waals surface area contributed by atoms with E-state index in [2.05, 4.69) is 30.1 Å². The Morgan fingerprint density at radius 1 is 1.26 bits per heavy atom. The SMILES string of the molecule is Cc1cc2c3c(cnc2c2[c-]cccc12)N(C)C(=O)C3(C)C.[Ir]. The summed E-state index contributed by atoms with van der Waals surface area (Å²) in [7, 11) is 1.82. The van der Waals surface area contributed by atoms with Gasteiger partial charge in [0.1, 0.15) is 0 Å². The third kappa shape index (κ3) is 1.98. The van der Waals surface area contributed by atoms with Crippen molar-refractivity contribution in [2.24, 2.45) is 0 Å². The number of nitrogens with zero attached hydrogens (tertiary/aromatic N) is 2. The summed E-state index contributed by atoms with van der Waals surface area (Å²) in [5.74, 6) is 0.117. The minimum Gasteiger partial charge on any atom is -0.313 e.